The molecule has 0 aliphatic heterocycles. The zero-order chi connectivity index (χ0) is 18.0. The first kappa shape index (κ1) is 17.9. The van der Waals surface area contributed by atoms with Gasteiger partial charge in [-0.1, -0.05) is 23.7 Å². The molecule has 0 bridgehead atoms. The van der Waals surface area contributed by atoms with E-state index in [0.717, 1.165) is 16.9 Å². The maximum absolute atomic E-state index is 12.3. The highest BCUT2D eigenvalue weighted by molar-refractivity contribution is 7.89. The Balaban J connectivity index is 1.77. The molecule has 3 rings (SSSR count). The second-order valence-corrected chi connectivity index (χ2v) is 8.29. The van der Waals surface area contributed by atoms with Crippen molar-refractivity contribution in [2.45, 2.75) is 31.2 Å². The van der Waals surface area contributed by atoms with Crippen LogP contribution in [0.15, 0.2) is 53.4 Å². The minimum atomic E-state index is -3.56. The Morgan fingerprint density at radius 2 is 1.80 bits per heavy atom. The standard InChI is InChI=1S/C18H20ClN3O2S/c1-13(2)22-17-6-4-3-5-16(17)21-18(22)11-12-20-25(23,24)15-9-7-14(19)8-10-15/h3-10,13,20H,11-12H2,1-2H3. The average molecular weight is 378 g/mol. The Bertz CT molecular complexity index is 979. The van der Waals surface area contributed by atoms with Crippen molar-refractivity contribution in [3.63, 3.8) is 0 Å². The van der Waals surface area contributed by atoms with Crippen molar-refractivity contribution in [1.29, 1.82) is 0 Å². The smallest absolute Gasteiger partial charge is 0.240 e. The van der Waals surface area contributed by atoms with Gasteiger partial charge >= 0.3 is 0 Å². The third-order valence-electron chi connectivity index (χ3n) is 3.95. The Morgan fingerprint density at radius 1 is 1.12 bits per heavy atom. The van der Waals surface area contributed by atoms with E-state index in [2.05, 4.69) is 28.1 Å². The molecule has 0 aliphatic rings. The van der Waals surface area contributed by atoms with Crippen LogP contribution in [0.25, 0.3) is 11.0 Å². The van der Waals surface area contributed by atoms with E-state index in [1.54, 1.807) is 12.1 Å². The monoisotopic (exact) mass is 377 g/mol. The van der Waals surface area contributed by atoms with Gasteiger partial charge in [0.15, 0.2) is 0 Å². The molecule has 0 amide bonds. The third kappa shape index (κ3) is 3.86. The Kier molecular flexibility index (Phi) is 5.13. The van der Waals surface area contributed by atoms with Gasteiger partial charge in [-0.3, -0.25) is 0 Å². The summed E-state index contributed by atoms with van der Waals surface area (Å²) in [5.41, 5.74) is 1.99. The number of aromatic nitrogens is 2. The van der Waals surface area contributed by atoms with Crippen LogP contribution in [-0.2, 0) is 16.4 Å². The number of para-hydroxylation sites is 2. The van der Waals surface area contributed by atoms with Gasteiger partial charge < -0.3 is 4.57 Å². The summed E-state index contributed by atoms with van der Waals surface area (Å²) in [6, 6.07) is 14.3. The fourth-order valence-electron chi connectivity index (χ4n) is 2.84. The molecule has 0 atom stereocenters. The highest BCUT2D eigenvalue weighted by Crippen LogP contribution is 2.21. The quantitative estimate of drug-likeness (QED) is 0.710. The molecule has 0 unspecified atom stereocenters. The van der Waals surface area contributed by atoms with E-state index in [4.69, 9.17) is 11.6 Å². The molecule has 0 fully saturated rings. The number of rotatable bonds is 6. The minimum absolute atomic E-state index is 0.203. The molecule has 1 heterocycles. The van der Waals surface area contributed by atoms with Gasteiger partial charge in [0, 0.05) is 24.0 Å². The van der Waals surface area contributed by atoms with Crippen LogP contribution in [0, 0.1) is 0 Å². The summed E-state index contributed by atoms with van der Waals surface area (Å²) < 4.78 is 29.5. The SMILES string of the molecule is CC(C)n1c(CCNS(=O)(=O)c2ccc(Cl)cc2)nc2ccccc21. The number of hydrogen-bond donors (Lipinski definition) is 1. The lowest BCUT2D eigenvalue weighted by atomic mass is 10.3. The number of fused-ring (bicyclic) bond motifs is 1. The second kappa shape index (κ2) is 7.15. The predicted octanol–water partition coefficient (Wildman–Crippen LogP) is 3.79. The molecule has 0 saturated heterocycles. The molecule has 2 aromatic carbocycles. The van der Waals surface area contributed by atoms with Gasteiger partial charge in [-0.15, -0.1) is 0 Å². The van der Waals surface area contributed by atoms with Crippen molar-refractivity contribution >= 4 is 32.7 Å². The number of halogens is 1. The van der Waals surface area contributed by atoms with E-state index >= 15 is 0 Å². The van der Waals surface area contributed by atoms with Crippen LogP contribution < -0.4 is 4.72 Å². The van der Waals surface area contributed by atoms with Gasteiger partial charge in [0.25, 0.3) is 0 Å². The molecule has 1 N–H and O–H groups in total. The molecular weight excluding hydrogens is 358 g/mol. The minimum Gasteiger partial charge on any atom is -0.325 e. The van der Waals surface area contributed by atoms with E-state index < -0.39 is 10.0 Å². The lowest BCUT2D eigenvalue weighted by Crippen LogP contribution is -2.26. The fourth-order valence-corrected chi connectivity index (χ4v) is 4.00. The first-order valence-corrected chi connectivity index (χ1v) is 9.95. The molecule has 25 heavy (non-hydrogen) atoms. The summed E-state index contributed by atoms with van der Waals surface area (Å²) in [7, 11) is -3.56. The maximum Gasteiger partial charge on any atom is 0.240 e. The Hall–Kier alpha value is -1.89. The summed E-state index contributed by atoms with van der Waals surface area (Å²) in [4.78, 5) is 4.85. The van der Waals surface area contributed by atoms with E-state index in [-0.39, 0.29) is 17.5 Å². The topological polar surface area (TPSA) is 64.0 Å². The number of sulfonamides is 1. The lowest BCUT2D eigenvalue weighted by Gasteiger charge is -2.13. The number of nitrogens with one attached hydrogen (secondary N) is 1. The van der Waals surface area contributed by atoms with Crippen LogP contribution in [0.4, 0.5) is 0 Å². The summed E-state index contributed by atoms with van der Waals surface area (Å²) in [5, 5.41) is 0.504. The number of benzene rings is 2. The van der Waals surface area contributed by atoms with Crippen LogP contribution >= 0.6 is 11.6 Å². The number of hydrogen-bond acceptors (Lipinski definition) is 3. The largest absolute Gasteiger partial charge is 0.325 e. The summed E-state index contributed by atoms with van der Waals surface area (Å²) >= 11 is 5.81. The van der Waals surface area contributed by atoms with Crippen molar-refractivity contribution in [2.24, 2.45) is 0 Å². The zero-order valence-electron chi connectivity index (χ0n) is 14.1. The van der Waals surface area contributed by atoms with Crippen molar-refractivity contribution < 1.29 is 8.42 Å². The van der Waals surface area contributed by atoms with E-state index in [0.29, 0.717) is 11.4 Å². The Labute approximate surface area is 152 Å². The van der Waals surface area contributed by atoms with Crippen molar-refractivity contribution in [2.75, 3.05) is 6.54 Å². The van der Waals surface area contributed by atoms with Gasteiger partial charge in [-0.05, 0) is 50.2 Å². The summed E-state index contributed by atoms with van der Waals surface area (Å²) in [6.45, 7) is 4.46. The van der Waals surface area contributed by atoms with Crippen LogP contribution in [0.2, 0.25) is 5.02 Å². The van der Waals surface area contributed by atoms with Gasteiger partial charge in [-0.2, -0.15) is 0 Å². The average Bonchev–Trinajstić information content (AvgIpc) is 2.93. The summed E-state index contributed by atoms with van der Waals surface area (Å²) in [5.74, 6) is 0.870. The molecule has 0 spiro atoms. The molecule has 132 valence electrons. The normalized spacial score (nSPS) is 12.2. The maximum atomic E-state index is 12.3. The highest BCUT2D eigenvalue weighted by Gasteiger charge is 2.16. The molecule has 1 aromatic heterocycles. The second-order valence-electron chi connectivity index (χ2n) is 6.08. The van der Waals surface area contributed by atoms with Gasteiger partial charge in [0.05, 0.1) is 15.9 Å². The first-order chi connectivity index (χ1) is 11.9. The van der Waals surface area contributed by atoms with Crippen molar-refractivity contribution in [3.8, 4) is 0 Å². The van der Waals surface area contributed by atoms with Crippen LogP contribution in [0.3, 0.4) is 0 Å². The van der Waals surface area contributed by atoms with E-state index in [1.807, 2.05) is 24.3 Å². The Morgan fingerprint density at radius 3 is 2.48 bits per heavy atom. The molecule has 0 radical (unpaired) electrons. The first-order valence-electron chi connectivity index (χ1n) is 8.09. The van der Waals surface area contributed by atoms with Crippen molar-refractivity contribution in [3.05, 3.63) is 59.4 Å². The van der Waals surface area contributed by atoms with Crippen LogP contribution in [-0.4, -0.2) is 24.5 Å². The number of nitrogens with zero attached hydrogens (tertiary/aromatic N) is 2. The third-order valence-corrected chi connectivity index (χ3v) is 5.68. The highest BCUT2D eigenvalue weighted by atomic mass is 35.5. The molecule has 7 heteroatoms. The number of imidazole rings is 1. The van der Waals surface area contributed by atoms with Crippen LogP contribution in [0.1, 0.15) is 25.7 Å². The zero-order valence-corrected chi connectivity index (χ0v) is 15.7. The molecular formula is C18H20ClN3O2S. The van der Waals surface area contributed by atoms with Gasteiger partial charge in [-0.25, -0.2) is 18.1 Å². The van der Waals surface area contributed by atoms with Gasteiger partial charge in [0.1, 0.15) is 5.82 Å². The fraction of sp³-hybridized carbons (Fsp3) is 0.278. The van der Waals surface area contributed by atoms with Gasteiger partial charge in [0.2, 0.25) is 10.0 Å². The molecule has 0 saturated carbocycles. The molecule has 0 aliphatic carbocycles. The van der Waals surface area contributed by atoms with Crippen molar-refractivity contribution in [1.82, 2.24) is 14.3 Å². The predicted molar refractivity (Wildman–Crippen MR) is 100 cm³/mol. The lowest BCUT2D eigenvalue weighted by molar-refractivity contribution is 0.567. The molecule has 5 nitrogen and oxygen atoms in total. The van der Waals surface area contributed by atoms with Crippen LogP contribution in [0.5, 0.6) is 0 Å². The van der Waals surface area contributed by atoms with E-state index in [1.165, 1.54) is 12.1 Å². The summed E-state index contributed by atoms with van der Waals surface area (Å²) in [6.07, 6.45) is 0.514. The van der Waals surface area contributed by atoms with E-state index in [9.17, 15) is 8.42 Å². The molecule has 3 aromatic rings.